The van der Waals surface area contributed by atoms with Gasteiger partial charge in [0.15, 0.2) is 0 Å². The summed E-state index contributed by atoms with van der Waals surface area (Å²) in [5, 5.41) is 19.8. The lowest BCUT2D eigenvalue weighted by molar-refractivity contribution is -0.116. The number of amides is 2. The lowest BCUT2D eigenvalue weighted by Crippen LogP contribution is -2.49. The summed E-state index contributed by atoms with van der Waals surface area (Å²) in [6, 6.07) is 29.2. The first kappa shape index (κ1) is 32.7. The SMILES string of the molecule is O=C(CCOC(=O)N(c1ccccc1-c1ccccc1)N1CCCCC1)Nc1ccc(CNCc2cc(Br)c(O)c(Br)c2)cc1. The van der Waals surface area contributed by atoms with Crippen LogP contribution in [0.5, 0.6) is 5.75 Å². The molecule has 45 heavy (non-hydrogen) atoms. The zero-order chi connectivity index (χ0) is 31.6. The highest BCUT2D eigenvalue weighted by Crippen LogP contribution is 2.34. The molecular weight excluding hydrogens is 700 g/mol. The number of phenolic OH excluding ortho intramolecular Hbond substituents is 1. The van der Waals surface area contributed by atoms with Gasteiger partial charge in [-0.1, -0.05) is 67.1 Å². The number of piperidine rings is 1. The number of ether oxygens (including phenoxy) is 1. The molecule has 1 heterocycles. The summed E-state index contributed by atoms with van der Waals surface area (Å²) in [6.07, 6.45) is 2.69. The maximum absolute atomic E-state index is 13.5. The molecule has 5 rings (SSSR count). The number of hydrogen-bond donors (Lipinski definition) is 3. The van der Waals surface area contributed by atoms with Gasteiger partial charge in [-0.2, -0.15) is 0 Å². The van der Waals surface area contributed by atoms with Crippen molar-refractivity contribution in [3.63, 3.8) is 0 Å². The minimum Gasteiger partial charge on any atom is -0.506 e. The summed E-state index contributed by atoms with van der Waals surface area (Å²) in [4.78, 5) is 26.2. The number of rotatable bonds is 11. The first-order chi connectivity index (χ1) is 21.9. The summed E-state index contributed by atoms with van der Waals surface area (Å²) in [6.45, 7) is 2.75. The Bertz CT molecular complexity index is 1570. The molecule has 1 saturated heterocycles. The molecule has 0 aliphatic carbocycles. The highest BCUT2D eigenvalue weighted by molar-refractivity contribution is 9.11. The van der Waals surface area contributed by atoms with Crippen LogP contribution < -0.4 is 15.6 Å². The van der Waals surface area contributed by atoms with E-state index in [2.05, 4.69) is 42.5 Å². The van der Waals surface area contributed by atoms with E-state index in [1.54, 1.807) is 5.01 Å². The Balaban J connectivity index is 1.13. The van der Waals surface area contributed by atoms with Crippen LogP contribution in [-0.2, 0) is 22.6 Å². The van der Waals surface area contributed by atoms with Crippen LogP contribution in [0.1, 0.15) is 36.8 Å². The smallest absolute Gasteiger partial charge is 0.429 e. The average Bonchev–Trinajstić information content (AvgIpc) is 3.06. The Morgan fingerprint density at radius 2 is 1.47 bits per heavy atom. The predicted octanol–water partition coefficient (Wildman–Crippen LogP) is 8.25. The predicted molar refractivity (Wildman–Crippen MR) is 185 cm³/mol. The van der Waals surface area contributed by atoms with E-state index in [0.717, 1.165) is 60.3 Å². The van der Waals surface area contributed by atoms with E-state index in [-0.39, 0.29) is 24.7 Å². The molecule has 1 aliphatic heterocycles. The van der Waals surface area contributed by atoms with Crippen molar-refractivity contribution in [2.45, 2.75) is 38.8 Å². The molecule has 0 saturated carbocycles. The third-order valence-corrected chi connectivity index (χ3v) is 8.74. The summed E-state index contributed by atoms with van der Waals surface area (Å²) >= 11 is 6.71. The zero-order valence-corrected chi connectivity index (χ0v) is 28.0. The second kappa shape index (κ2) is 16.0. The Kier molecular flexibility index (Phi) is 11.6. The maximum Gasteiger partial charge on any atom is 0.429 e. The van der Waals surface area contributed by atoms with Gasteiger partial charge in [0.25, 0.3) is 0 Å². The van der Waals surface area contributed by atoms with Crippen molar-refractivity contribution in [1.82, 2.24) is 10.3 Å². The maximum atomic E-state index is 13.5. The molecule has 234 valence electrons. The molecule has 3 N–H and O–H groups in total. The molecule has 2 amide bonds. The van der Waals surface area contributed by atoms with E-state index in [9.17, 15) is 14.7 Å². The first-order valence-corrected chi connectivity index (χ1v) is 16.6. The van der Waals surface area contributed by atoms with Gasteiger partial charge in [-0.25, -0.2) is 14.8 Å². The van der Waals surface area contributed by atoms with E-state index < -0.39 is 6.09 Å². The van der Waals surface area contributed by atoms with Crippen molar-refractivity contribution >= 4 is 55.2 Å². The van der Waals surface area contributed by atoms with Crippen LogP contribution in [-0.4, -0.2) is 41.8 Å². The molecule has 4 aromatic rings. The van der Waals surface area contributed by atoms with Crippen LogP contribution in [0.25, 0.3) is 11.1 Å². The van der Waals surface area contributed by atoms with Gasteiger partial charge in [-0.15, -0.1) is 0 Å². The van der Waals surface area contributed by atoms with Gasteiger partial charge in [-0.05, 0) is 91.7 Å². The molecule has 1 aliphatic rings. The van der Waals surface area contributed by atoms with Gasteiger partial charge in [0.05, 0.1) is 21.1 Å². The van der Waals surface area contributed by atoms with Gasteiger partial charge < -0.3 is 20.5 Å². The number of hydrogen-bond acceptors (Lipinski definition) is 6. The van der Waals surface area contributed by atoms with Crippen molar-refractivity contribution in [3.05, 3.63) is 111 Å². The molecule has 0 atom stereocenters. The number of nitrogens with zero attached hydrogens (tertiary/aromatic N) is 2. The molecule has 4 aromatic carbocycles. The van der Waals surface area contributed by atoms with Crippen molar-refractivity contribution in [3.8, 4) is 16.9 Å². The van der Waals surface area contributed by atoms with Gasteiger partial charge in [0.2, 0.25) is 5.91 Å². The minimum atomic E-state index is -0.489. The zero-order valence-electron chi connectivity index (χ0n) is 24.8. The van der Waals surface area contributed by atoms with Crippen molar-refractivity contribution in [2.75, 3.05) is 30.0 Å². The van der Waals surface area contributed by atoms with Gasteiger partial charge in [0.1, 0.15) is 12.4 Å². The van der Waals surface area contributed by atoms with Crippen LogP contribution in [0.2, 0.25) is 0 Å². The van der Waals surface area contributed by atoms with Crippen LogP contribution in [0.15, 0.2) is 99.9 Å². The van der Waals surface area contributed by atoms with Crippen LogP contribution in [0.4, 0.5) is 16.2 Å². The summed E-state index contributed by atoms with van der Waals surface area (Å²) < 4.78 is 6.96. The number of aromatic hydroxyl groups is 1. The number of nitrogens with one attached hydrogen (secondary N) is 2. The number of carbonyl (C=O) groups excluding carboxylic acids is 2. The molecule has 0 unspecified atom stereocenters. The monoisotopic (exact) mass is 734 g/mol. The fourth-order valence-electron chi connectivity index (χ4n) is 5.26. The highest BCUT2D eigenvalue weighted by Gasteiger charge is 2.28. The van der Waals surface area contributed by atoms with Gasteiger partial charge in [-0.3, -0.25) is 4.79 Å². The number of para-hydroxylation sites is 1. The fourth-order valence-corrected chi connectivity index (χ4v) is 6.54. The second-order valence-corrected chi connectivity index (χ2v) is 12.5. The summed E-state index contributed by atoms with van der Waals surface area (Å²) in [7, 11) is 0. The molecule has 0 spiro atoms. The molecule has 10 heteroatoms. The quantitative estimate of drug-likeness (QED) is 0.144. The van der Waals surface area contributed by atoms with Crippen molar-refractivity contribution < 1.29 is 19.4 Å². The fraction of sp³-hybridized carbons (Fsp3) is 0.257. The van der Waals surface area contributed by atoms with E-state index in [1.807, 2.05) is 96.0 Å². The third-order valence-electron chi connectivity index (χ3n) is 7.53. The van der Waals surface area contributed by atoms with Gasteiger partial charge in [0, 0.05) is 37.4 Å². The molecule has 0 radical (unpaired) electrons. The largest absolute Gasteiger partial charge is 0.506 e. The van der Waals surface area contributed by atoms with Crippen molar-refractivity contribution in [1.29, 1.82) is 0 Å². The lowest BCUT2D eigenvalue weighted by Gasteiger charge is -2.37. The van der Waals surface area contributed by atoms with E-state index in [0.29, 0.717) is 27.7 Å². The number of carbonyl (C=O) groups is 2. The van der Waals surface area contributed by atoms with Gasteiger partial charge >= 0.3 is 6.09 Å². The number of benzene rings is 4. The molecule has 0 aromatic heterocycles. The summed E-state index contributed by atoms with van der Waals surface area (Å²) in [5.41, 5.74) is 5.48. The first-order valence-electron chi connectivity index (χ1n) is 15.0. The molecule has 1 fully saturated rings. The molecular formula is C35H36Br2N4O4. The number of phenols is 1. The van der Waals surface area contributed by atoms with Crippen LogP contribution in [0.3, 0.4) is 0 Å². The second-order valence-electron chi connectivity index (χ2n) is 10.8. The summed E-state index contributed by atoms with van der Waals surface area (Å²) in [5.74, 6) is -0.0510. The highest BCUT2D eigenvalue weighted by atomic mass is 79.9. The lowest BCUT2D eigenvalue weighted by atomic mass is 10.0. The third kappa shape index (κ3) is 8.94. The average molecular weight is 737 g/mol. The van der Waals surface area contributed by atoms with Crippen LogP contribution >= 0.6 is 31.9 Å². The Hall–Kier alpha value is -3.70. The molecule has 0 bridgehead atoms. The van der Waals surface area contributed by atoms with Crippen molar-refractivity contribution in [2.24, 2.45) is 0 Å². The number of anilines is 2. The van der Waals surface area contributed by atoms with Crippen LogP contribution in [0, 0.1) is 0 Å². The Morgan fingerprint density at radius 1 is 0.822 bits per heavy atom. The normalized spacial score (nSPS) is 13.3. The van der Waals surface area contributed by atoms with E-state index in [4.69, 9.17) is 4.74 Å². The topological polar surface area (TPSA) is 94.1 Å². The Labute approximate surface area is 280 Å². The van der Waals surface area contributed by atoms with E-state index in [1.165, 1.54) is 0 Å². The Morgan fingerprint density at radius 3 is 2.18 bits per heavy atom. The molecule has 8 nitrogen and oxygen atoms in total. The number of hydrazine groups is 1. The number of halogens is 2. The standard InChI is InChI=1S/C35H36Br2N4O4/c36-30-21-26(22-31(37)34(30)43)24-38-23-25-13-15-28(16-14-25)39-33(42)17-20-45-35(44)41(40-18-7-2-8-19-40)32-12-6-5-11-29(32)27-9-3-1-4-10-27/h1,3-6,9-16,21-22,38,43H,2,7-8,17-20,23-24H2,(H,39,42). The minimum absolute atomic E-state index is 0.0337. The van der Waals surface area contributed by atoms with E-state index >= 15 is 0 Å².